The van der Waals surface area contributed by atoms with Gasteiger partial charge < -0.3 is 9.47 Å². The van der Waals surface area contributed by atoms with Crippen LogP contribution in [0.15, 0.2) is 42.5 Å². The Morgan fingerprint density at radius 3 is 2.33 bits per heavy atom. The van der Waals surface area contributed by atoms with Crippen LogP contribution in [0.1, 0.15) is 34.8 Å². The van der Waals surface area contributed by atoms with Crippen molar-refractivity contribution in [2.45, 2.75) is 19.8 Å². The number of allylic oxidation sites excluding steroid dienone is 1. The van der Waals surface area contributed by atoms with E-state index in [0.29, 0.717) is 10.6 Å². The molecule has 2 aromatic rings. The summed E-state index contributed by atoms with van der Waals surface area (Å²) in [5.74, 6) is 1.43. The summed E-state index contributed by atoms with van der Waals surface area (Å²) in [6, 6.07) is 10.7. The molecule has 0 saturated carbocycles. The molecule has 0 radical (unpaired) electrons. The van der Waals surface area contributed by atoms with Crippen LogP contribution in [0, 0.1) is 0 Å². The maximum absolute atomic E-state index is 12.3. The minimum Gasteiger partial charge on any atom is -0.496 e. The zero-order chi connectivity index (χ0) is 17.5. The standard InChI is InChI=1S/C20H21ClO3/c1-4-5-15-12-20(24-3)16(13-19(15)23-2)8-11-18(22)14-6-9-17(21)10-7-14/h6-13H,4-5H2,1-3H3. The highest BCUT2D eigenvalue weighted by molar-refractivity contribution is 6.30. The second-order valence-corrected chi connectivity index (χ2v) is 5.80. The Bertz CT molecular complexity index is 733. The predicted octanol–water partition coefficient (Wildman–Crippen LogP) is 5.21. The minimum absolute atomic E-state index is 0.0923. The van der Waals surface area contributed by atoms with Crippen LogP contribution >= 0.6 is 11.6 Å². The van der Waals surface area contributed by atoms with E-state index in [-0.39, 0.29) is 5.78 Å². The van der Waals surface area contributed by atoms with Crippen LogP contribution in [-0.4, -0.2) is 20.0 Å². The lowest BCUT2D eigenvalue weighted by Gasteiger charge is -2.12. The molecular formula is C20H21ClO3. The summed E-state index contributed by atoms with van der Waals surface area (Å²) in [4.78, 5) is 12.3. The van der Waals surface area contributed by atoms with Gasteiger partial charge in [0.2, 0.25) is 0 Å². The Morgan fingerprint density at radius 2 is 1.75 bits per heavy atom. The van der Waals surface area contributed by atoms with Crippen LogP contribution < -0.4 is 9.47 Å². The second-order valence-electron chi connectivity index (χ2n) is 5.36. The maximum atomic E-state index is 12.3. The fourth-order valence-electron chi connectivity index (χ4n) is 2.46. The van der Waals surface area contributed by atoms with Crippen molar-refractivity contribution in [3.63, 3.8) is 0 Å². The monoisotopic (exact) mass is 344 g/mol. The van der Waals surface area contributed by atoms with Crippen LogP contribution in [0.3, 0.4) is 0 Å². The number of hydrogen-bond donors (Lipinski definition) is 0. The first-order chi connectivity index (χ1) is 11.6. The molecule has 0 unspecified atom stereocenters. The summed E-state index contributed by atoms with van der Waals surface area (Å²) in [7, 11) is 3.27. The van der Waals surface area contributed by atoms with Gasteiger partial charge in [-0.05, 0) is 60.5 Å². The van der Waals surface area contributed by atoms with Crippen LogP contribution in [0.2, 0.25) is 5.02 Å². The summed E-state index contributed by atoms with van der Waals surface area (Å²) >= 11 is 5.84. The Kier molecular flexibility index (Phi) is 6.44. The largest absolute Gasteiger partial charge is 0.496 e. The van der Waals surface area contributed by atoms with Gasteiger partial charge in [0.25, 0.3) is 0 Å². The lowest BCUT2D eigenvalue weighted by molar-refractivity contribution is 0.104. The van der Waals surface area contributed by atoms with Gasteiger partial charge in [-0.15, -0.1) is 0 Å². The number of hydrogen-bond acceptors (Lipinski definition) is 3. The van der Waals surface area contributed by atoms with Gasteiger partial charge >= 0.3 is 0 Å². The number of carbonyl (C=O) groups is 1. The fourth-order valence-corrected chi connectivity index (χ4v) is 2.58. The molecule has 0 bridgehead atoms. The zero-order valence-electron chi connectivity index (χ0n) is 14.1. The van der Waals surface area contributed by atoms with Crippen molar-refractivity contribution in [3.05, 3.63) is 64.2 Å². The van der Waals surface area contributed by atoms with Gasteiger partial charge in [0.15, 0.2) is 5.78 Å². The number of ether oxygens (including phenoxy) is 2. The summed E-state index contributed by atoms with van der Waals surface area (Å²) in [5, 5.41) is 0.605. The van der Waals surface area contributed by atoms with E-state index in [1.807, 2.05) is 12.1 Å². The molecule has 0 aliphatic carbocycles. The van der Waals surface area contributed by atoms with Crippen LogP contribution in [0.25, 0.3) is 6.08 Å². The Balaban J connectivity index is 2.30. The van der Waals surface area contributed by atoms with Gasteiger partial charge in [-0.3, -0.25) is 4.79 Å². The molecule has 0 saturated heterocycles. The van der Waals surface area contributed by atoms with E-state index in [1.54, 1.807) is 44.6 Å². The molecule has 0 N–H and O–H groups in total. The Morgan fingerprint density at radius 1 is 1.08 bits per heavy atom. The van der Waals surface area contributed by atoms with Gasteiger partial charge in [-0.25, -0.2) is 0 Å². The number of rotatable bonds is 7. The zero-order valence-corrected chi connectivity index (χ0v) is 14.9. The normalized spacial score (nSPS) is 10.8. The fraction of sp³-hybridized carbons (Fsp3) is 0.250. The first-order valence-electron chi connectivity index (χ1n) is 7.82. The van der Waals surface area contributed by atoms with Crippen molar-refractivity contribution in [1.29, 1.82) is 0 Å². The summed E-state index contributed by atoms with van der Waals surface area (Å²) < 4.78 is 10.9. The van der Waals surface area contributed by atoms with Crippen molar-refractivity contribution >= 4 is 23.5 Å². The molecule has 4 heteroatoms. The molecule has 3 nitrogen and oxygen atoms in total. The van der Waals surface area contributed by atoms with E-state index in [2.05, 4.69) is 6.92 Å². The van der Waals surface area contributed by atoms with E-state index in [9.17, 15) is 4.79 Å². The molecule has 0 amide bonds. The highest BCUT2D eigenvalue weighted by Crippen LogP contribution is 2.30. The minimum atomic E-state index is -0.0923. The third kappa shape index (κ3) is 4.39. The summed E-state index contributed by atoms with van der Waals surface area (Å²) in [6.45, 7) is 2.12. The first-order valence-corrected chi connectivity index (χ1v) is 8.19. The van der Waals surface area contributed by atoms with Crippen LogP contribution in [-0.2, 0) is 6.42 Å². The van der Waals surface area contributed by atoms with Gasteiger partial charge in [0.1, 0.15) is 11.5 Å². The molecule has 2 rings (SSSR count). The molecular weight excluding hydrogens is 324 g/mol. The van der Waals surface area contributed by atoms with Crippen molar-refractivity contribution in [2.24, 2.45) is 0 Å². The SMILES string of the molecule is CCCc1cc(OC)c(C=CC(=O)c2ccc(Cl)cc2)cc1OC. The number of methoxy groups -OCH3 is 2. The summed E-state index contributed by atoms with van der Waals surface area (Å²) in [5.41, 5.74) is 2.48. The third-order valence-corrected chi connectivity index (χ3v) is 3.95. The van der Waals surface area contributed by atoms with E-state index >= 15 is 0 Å². The van der Waals surface area contributed by atoms with Crippen molar-refractivity contribution < 1.29 is 14.3 Å². The average molecular weight is 345 g/mol. The van der Waals surface area contributed by atoms with Crippen LogP contribution in [0.4, 0.5) is 0 Å². The van der Waals surface area contributed by atoms with Gasteiger partial charge in [-0.1, -0.05) is 24.9 Å². The van der Waals surface area contributed by atoms with Gasteiger partial charge in [0, 0.05) is 16.1 Å². The number of halogens is 1. The number of carbonyl (C=O) groups excluding carboxylic acids is 1. The molecule has 126 valence electrons. The summed E-state index contributed by atoms with van der Waals surface area (Å²) in [6.07, 6.45) is 5.20. The maximum Gasteiger partial charge on any atom is 0.185 e. The molecule has 2 aromatic carbocycles. The van der Waals surface area contributed by atoms with E-state index < -0.39 is 0 Å². The lowest BCUT2D eigenvalue weighted by Crippen LogP contribution is -1.97. The van der Waals surface area contributed by atoms with Gasteiger partial charge in [-0.2, -0.15) is 0 Å². The molecule has 0 aromatic heterocycles. The van der Waals surface area contributed by atoms with E-state index in [1.165, 1.54) is 6.08 Å². The predicted molar refractivity (Wildman–Crippen MR) is 98.4 cm³/mol. The molecule has 0 aliphatic heterocycles. The first kappa shape index (κ1) is 18.1. The molecule has 0 heterocycles. The van der Waals surface area contributed by atoms with E-state index in [0.717, 1.165) is 35.5 Å². The Hall–Kier alpha value is -2.26. The van der Waals surface area contributed by atoms with Crippen molar-refractivity contribution in [3.8, 4) is 11.5 Å². The second kappa shape index (κ2) is 8.55. The van der Waals surface area contributed by atoms with Crippen molar-refractivity contribution in [2.75, 3.05) is 14.2 Å². The quantitative estimate of drug-likeness (QED) is 0.511. The molecule has 0 spiro atoms. The molecule has 0 aliphatic rings. The number of aryl methyl sites for hydroxylation is 1. The Labute approximate surface area is 147 Å². The molecule has 24 heavy (non-hydrogen) atoms. The van der Waals surface area contributed by atoms with Crippen molar-refractivity contribution in [1.82, 2.24) is 0 Å². The third-order valence-electron chi connectivity index (χ3n) is 3.70. The number of benzene rings is 2. The van der Waals surface area contributed by atoms with Crippen LogP contribution in [0.5, 0.6) is 11.5 Å². The highest BCUT2D eigenvalue weighted by Gasteiger charge is 2.10. The van der Waals surface area contributed by atoms with E-state index in [4.69, 9.17) is 21.1 Å². The average Bonchev–Trinajstić information content (AvgIpc) is 2.60. The highest BCUT2D eigenvalue weighted by atomic mass is 35.5. The number of ketones is 1. The smallest absolute Gasteiger partial charge is 0.185 e. The van der Waals surface area contributed by atoms with Gasteiger partial charge in [0.05, 0.1) is 14.2 Å². The molecule has 0 fully saturated rings. The topological polar surface area (TPSA) is 35.5 Å². The lowest BCUT2D eigenvalue weighted by atomic mass is 10.0. The molecule has 0 atom stereocenters.